The number of rotatable bonds is 1. The molecular formula is C7H16N2. The van der Waals surface area contributed by atoms with Gasteiger partial charge >= 0.3 is 0 Å². The lowest BCUT2D eigenvalue weighted by atomic mass is 10.2. The SMILES string of the molecule is CC1CNN(C(C)C)C1. The van der Waals surface area contributed by atoms with Gasteiger partial charge in [-0.05, 0) is 19.8 Å². The van der Waals surface area contributed by atoms with Gasteiger partial charge in [-0.25, -0.2) is 5.01 Å². The van der Waals surface area contributed by atoms with Crippen LogP contribution in [0.3, 0.4) is 0 Å². The Morgan fingerprint density at radius 3 is 2.44 bits per heavy atom. The lowest BCUT2D eigenvalue weighted by Crippen LogP contribution is -2.36. The highest BCUT2D eigenvalue weighted by Gasteiger charge is 2.19. The molecule has 1 unspecified atom stereocenters. The standard InChI is InChI=1S/C7H16N2/c1-6(2)9-5-7(3)4-8-9/h6-8H,4-5H2,1-3H3. The number of hydrogen-bond donors (Lipinski definition) is 1. The van der Waals surface area contributed by atoms with Crippen molar-refractivity contribution in [2.75, 3.05) is 13.1 Å². The van der Waals surface area contributed by atoms with E-state index in [1.807, 2.05) is 0 Å². The van der Waals surface area contributed by atoms with Crippen molar-refractivity contribution in [3.05, 3.63) is 0 Å². The molecule has 1 rings (SSSR count). The molecule has 0 spiro atoms. The van der Waals surface area contributed by atoms with Crippen LogP contribution in [0, 0.1) is 5.92 Å². The highest BCUT2D eigenvalue weighted by molar-refractivity contribution is 4.70. The van der Waals surface area contributed by atoms with E-state index in [0.717, 1.165) is 12.5 Å². The normalized spacial score (nSPS) is 30.0. The minimum Gasteiger partial charge on any atom is -0.255 e. The largest absolute Gasteiger partial charge is 0.255 e. The zero-order chi connectivity index (χ0) is 6.85. The van der Waals surface area contributed by atoms with E-state index in [1.54, 1.807) is 0 Å². The average Bonchev–Trinajstić information content (AvgIpc) is 2.14. The maximum atomic E-state index is 3.34. The van der Waals surface area contributed by atoms with Gasteiger partial charge in [0.2, 0.25) is 0 Å². The first-order valence-electron chi connectivity index (χ1n) is 3.70. The molecule has 1 fully saturated rings. The second kappa shape index (κ2) is 2.67. The Labute approximate surface area is 57.2 Å². The van der Waals surface area contributed by atoms with Crippen molar-refractivity contribution in [1.82, 2.24) is 10.4 Å². The van der Waals surface area contributed by atoms with Crippen molar-refractivity contribution in [3.63, 3.8) is 0 Å². The van der Waals surface area contributed by atoms with Gasteiger partial charge in [0.1, 0.15) is 0 Å². The van der Waals surface area contributed by atoms with Crippen LogP contribution in [0.25, 0.3) is 0 Å². The number of hydrogen-bond acceptors (Lipinski definition) is 2. The Kier molecular flexibility index (Phi) is 2.09. The first-order chi connectivity index (χ1) is 4.20. The number of hydrazine groups is 1. The minimum atomic E-state index is 0.648. The van der Waals surface area contributed by atoms with Crippen molar-refractivity contribution in [3.8, 4) is 0 Å². The van der Waals surface area contributed by atoms with Crippen LogP contribution in [-0.2, 0) is 0 Å². The van der Waals surface area contributed by atoms with Gasteiger partial charge in [0.15, 0.2) is 0 Å². The molecule has 1 heterocycles. The van der Waals surface area contributed by atoms with E-state index >= 15 is 0 Å². The van der Waals surface area contributed by atoms with Gasteiger partial charge in [-0.3, -0.25) is 5.43 Å². The van der Waals surface area contributed by atoms with Crippen LogP contribution >= 0.6 is 0 Å². The van der Waals surface area contributed by atoms with Crippen molar-refractivity contribution in [2.24, 2.45) is 5.92 Å². The summed E-state index contributed by atoms with van der Waals surface area (Å²) in [6, 6.07) is 0.648. The molecule has 0 bridgehead atoms. The fourth-order valence-electron chi connectivity index (χ4n) is 1.13. The van der Waals surface area contributed by atoms with E-state index < -0.39 is 0 Å². The van der Waals surface area contributed by atoms with Crippen LogP contribution in [0.1, 0.15) is 20.8 Å². The summed E-state index contributed by atoms with van der Waals surface area (Å²) in [5, 5.41) is 2.30. The fourth-order valence-corrected chi connectivity index (χ4v) is 1.13. The van der Waals surface area contributed by atoms with Gasteiger partial charge in [0.25, 0.3) is 0 Å². The third-order valence-electron chi connectivity index (χ3n) is 1.77. The molecule has 1 aliphatic heterocycles. The molecule has 0 aliphatic carbocycles. The van der Waals surface area contributed by atoms with Crippen molar-refractivity contribution in [2.45, 2.75) is 26.8 Å². The number of nitrogens with zero attached hydrogens (tertiary/aromatic N) is 1. The maximum Gasteiger partial charge on any atom is 0.0187 e. The van der Waals surface area contributed by atoms with Gasteiger partial charge in [-0.1, -0.05) is 6.92 Å². The van der Waals surface area contributed by atoms with E-state index in [2.05, 4.69) is 31.2 Å². The second-order valence-corrected chi connectivity index (χ2v) is 3.21. The highest BCUT2D eigenvalue weighted by Crippen LogP contribution is 2.07. The van der Waals surface area contributed by atoms with E-state index in [0.29, 0.717) is 6.04 Å². The first-order valence-corrected chi connectivity index (χ1v) is 3.70. The first kappa shape index (κ1) is 7.03. The molecule has 1 atom stereocenters. The Morgan fingerprint density at radius 1 is 1.56 bits per heavy atom. The molecule has 1 aliphatic rings. The third kappa shape index (κ3) is 1.66. The summed E-state index contributed by atoms with van der Waals surface area (Å²) < 4.78 is 0. The summed E-state index contributed by atoms with van der Waals surface area (Å²) in [5.41, 5.74) is 3.34. The summed E-state index contributed by atoms with van der Waals surface area (Å²) in [7, 11) is 0. The summed E-state index contributed by atoms with van der Waals surface area (Å²) in [4.78, 5) is 0. The van der Waals surface area contributed by atoms with Gasteiger partial charge in [-0.2, -0.15) is 0 Å². The topological polar surface area (TPSA) is 15.3 Å². The zero-order valence-electron chi connectivity index (χ0n) is 6.52. The summed E-state index contributed by atoms with van der Waals surface area (Å²) in [5.74, 6) is 0.826. The Balaban J connectivity index is 2.30. The molecule has 0 amide bonds. The third-order valence-corrected chi connectivity index (χ3v) is 1.77. The highest BCUT2D eigenvalue weighted by atomic mass is 15.5. The van der Waals surface area contributed by atoms with Crippen LogP contribution in [0.5, 0.6) is 0 Å². The molecule has 2 nitrogen and oxygen atoms in total. The maximum absolute atomic E-state index is 3.34. The van der Waals surface area contributed by atoms with Crippen LogP contribution in [0.2, 0.25) is 0 Å². The average molecular weight is 128 g/mol. The van der Waals surface area contributed by atoms with Crippen LogP contribution < -0.4 is 5.43 Å². The smallest absolute Gasteiger partial charge is 0.0187 e. The molecule has 1 N–H and O–H groups in total. The van der Waals surface area contributed by atoms with Crippen LogP contribution in [-0.4, -0.2) is 24.1 Å². The summed E-state index contributed by atoms with van der Waals surface area (Å²) in [6.45, 7) is 9.06. The Morgan fingerprint density at radius 2 is 2.22 bits per heavy atom. The van der Waals surface area contributed by atoms with Gasteiger partial charge < -0.3 is 0 Å². The monoisotopic (exact) mass is 128 g/mol. The van der Waals surface area contributed by atoms with E-state index in [9.17, 15) is 0 Å². The van der Waals surface area contributed by atoms with Crippen molar-refractivity contribution < 1.29 is 0 Å². The minimum absolute atomic E-state index is 0.648. The van der Waals surface area contributed by atoms with Crippen LogP contribution in [0.4, 0.5) is 0 Å². The van der Waals surface area contributed by atoms with Gasteiger partial charge in [-0.15, -0.1) is 0 Å². The van der Waals surface area contributed by atoms with E-state index in [4.69, 9.17) is 0 Å². The predicted octanol–water partition coefficient (Wildman–Crippen LogP) is 0.851. The molecular weight excluding hydrogens is 112 g/mol. The quantitative estimate of drug-likeness (QED) is 0.563. The molecule has 1 saturated heterocycles. The lowest BCUT2D eigenvalue weighted by Gasteiger charge is -2.19. The van der Waals surface area contributed by atoms with Crippen molar-refractivity contribution in [1.29, 1.82) is 0 Å². The van der Waals surface area contributed by atoms with E-state index in [1.165, 1.54) is 6.54 Å². The summed E-state index contributed by atoms with van der Waals surface area (Å²) >= 11 is 0. The zero-order valence-corrected chi connectivity index (χ0v) is 6.52. The molecule has 0 aromatic heterocycles. The van der Waals surface area contributed by atoms with Crippen LogP contribution in [0.15, 0.2) is 0 Å². The molecule has 2 heteroatoms. The molecule has 0 radical (unpaired) electrons. The fraction of sp³-hybridized carbons (Fsp3) is 1.00. The molecule has 0 aromatic carbocycles. The number of nitrogens with one attached hydrogen (secondary N) is 1. The molecule has 54 valence electrons. The summed E-state index contributed by atoms with van der Waals surface area (Å²) in [6.07, 6.45) is 0. The van der Waals surface area contributed by atoms with E-state index in [-0.39, 0.29) is 0 Å². The Bertz CT molecular complexity index is 90.9. The van der Waals surface area contributed by atoms with Gasteiger partial charge in [0.05, 0.1) is 0 Å². The lowest BCUT2D eigenvalue weighted by molar-refractivity contribution is 0.197. The van der Waals surface area contributed by atoms with Crippen molar-refractivity contribution >= 4 is 0 Å². The Hall–Kier alpha value is -0.0800. The predicted molar refractivity (Wildman–Crippen MR) is 39.0 cm³/mol. The molecule has 0 aromatic rings. The molecule has 9 heavy (non-hydrogen) atoms. The van der Waals surface area contributed by atoms with Gasteiger partial charge in [0, 0.05) is 19.1 Å². The second-order valence-electron chi connectivity index (χ2n) is 3.21. The molecule has 0 saturated carbocycles.